The molecule has 0 aliphatic carbocycles. The highest BCUT2D eigenvalue weighted by Crippen LogP contribution is 2.19. The number of hydrazine groups is 1. The Labute approximate surface area is 130 Å². The molecular formula is C12H14N6O3S. The number of carbonyl (C=O) groups is 2. The number of aromatic nitrogens is 4. The third kappa shape index (κ3) is 4.19. The fraction of sp³-hybridized carbons (Fsp3) is 0.250. The van der Waals surface area contributed by atoms with Crippen LogP contribution in [0.2, 0.25) is 0 Å². The Hall–Kier alpha value is -2.62. The zero-order valence-corrected chi connectivity index (χ0v) is 12.8. The van der Waals surface area contributed by atoms with Crippen molar-refractivity contribution in [3.8, 4) is 11.4 Å². The third-order valence-electron chi connectivity index (χ3n) is 2.47. The van der Waals surface area contributed by atoms with Gasteiger partial charge in [0, 0.05) is 6.92 Å². The number of methoxy groups -OCH3 is 1. The van der Waals surface area contributed by atoms with Crippen molar-refractivity contribution < 1.29 is 14.3 Å². The van der Waals surface area contributed by atoms with Crippen molar-refractivity contribution >= 4 is 23.6 Å². The molecule has 0 atom stereocenters. The first kappa shape index (κ1) is 15.8. The van der Waals surface area contributed by atoms with Gasteiger partial charge in [-0.1, -0.05) is 11.8 Å². The van der Waals surface area contributed by atoms with Crippen LogP contribution in [0.3, 0.4) is 0 Å². The normalized spacial score (nSPS) is 10.1. The molecule has 0 radical (unpaired) electrons. The number of amides is 2. The molecule has 0 saturated heterocycles. The minimum absolute atomic E-state index is 0.0663. The lowest BCUT2D eigenvalue weighted by Crippen LogP contribution is -2.41. The van der Waals surface area contributed by atoms with Crippen molar-refractivity contribution in [3.63, 3.8) is 0 Å². The van der Waals surface area contributed by atoms with Crippen LogP contribution in [0.5, 0.6) is 5.75 Å². The number of thioether (sulfide) groups is 1. The lowest BCUT2D eigenvalue weighted by Gasteiger charge is -2.06. The minimum atomic E-state index is -0.357. The topological polar surface area (TPSA) is 111 Å². The van der Waals surface area contributed by atoms with Crippen LogP contribution in [0.25, 0.3) is 5.69 Å². The molecule has 116 valence electrons. The first-order valence-electron chi connectivity index (χ1n) is 6.21. The molecular weight excluding hydrogens is 308 g/mol. The predicted octanol–water partition coefficient (Wildman–Crippen LogP) is -0.0697. The second kappa shape index (κ2) is 7.41. The molecule has 1 aromatic carbocycles. The summed E-state index contributed by atoms with van der Waals surface area (Å²) in [6.07, 6.45) is 0. The van der Waals surface area contributed by atoms with Crippen molar-refractivity contribution in [3.05, 3.63) is 24.3 Å². The van der Waals surface area contributed by atoms with Gasteiger partial charge in [0.25, 0.3) is 0 Å². The van der Waals surface area contributed by atoms with E-state index in [0.717, 1.165) is 23.2 Å². The molecule has 2 N–H and O–H groups in total. The molecule has 0 unspecified atom stereocenters. The summed E-state index contributed by atoms with van der Waals surface area (Å²) < 4.78 is 6.60. The van der Waals surface area contributed by atoms with Gasteiger partial charge in [0.15, 0.2) is 0 Å². The maximum absolute atomic E-state index is 11.5. The highest BCUT2D eigenvalue weighted by Gasteiger charge is 2.11. The van der Waals surface area contributed by atoms with E-state index >= 15 is 0 Å². The zero-order valence-electron chi connectivity index (χ0n) is 11.9. The summed E-state index contributed by atoms with van der Waals surface area (Å²) in [5, 5.41) is 11.8. The number of carbonyl (C=O) groups excluding carboxylic acids is 2. The smallest absolute Gasteiger partial charge is 0.248 e. The van der Waals surface area contributed by atoms with Crippen molar-refractivity contribution in [2.24, 2.45) is 0 Å². The third-order valence-corrected chi connectivity index (χ3v) is 3.39. The second-order valence-electron chi connectivity index (χ2n) is 4.09. The lowest BCUT2D eigenvalue weighted by atomic mass is 10.3. The second-order valence-corrected chi connectivity index (χ2v) is 5.03. The van der Waals surface area contributed by atoms with Crippen LogP contribution in [-0.4, -0.2) is 44.9 Å². The van der Waals surface area contributed by atoms with Gasteiger partial charge in [-0.3, -0.25) is 20.4 Å². The van der Waals surface area contributed by atoms with Crippen LogP contribution in [0.15, 0.2) is 29.4 Å². The Morgan fingerprint density at radius 2 is 2.00 bits per heavy atom. The minimum Gasteiger partial charge on any atom is -0.497 e. The van der Waals surface area contributed by atoms with Gasteiger partial charge in [0.1, 0.15) is 5.75 Å². The SMILES string of the molecule is COc1ccc(-n2nnnc2SCC(=O)NNC(C)=O)cc1. The average molecular weight is 322 g/mol. The van der Waals surface area contributed by atoms with Crippen LogP contribution in [0.1, 0.15) is 6.92 Å². The van der Waals surface area contributed by atoms with E-state index < -0.39 is 0 Å². The molecule has 0 spiro atoms. The van der Waals surface area contributed by atoms with E-state index in [1.807, 2.05) is 0 Å². The van der Waals surface area contributed by atoms with Gasteiger partial charge >= 0.3 is 0 Å². The Morgan fingerprint density at radius 1 is 1.27 bits per heavy atom. The van der Waals surface area contributed by atoms with Gasteiger partial charge in [-0.25, -0.2) is 0 Å². The molecule has 2 amide bonds. The van der Waals surface area contributed by atoms with Gasteiger partial charge in [-0.05, 0) is 34.7 Å². The summed E-state index contributed by atoms with van der Waals surface area (Å²) in [4.78, 5) is 22.2. The van der Waals surface area contributed by atoms with Crippen LogP contribution in [-0.2, 0) is 9.59 Å². The van der Waals surface area contributed by atoms with E-state index in [4.69, 9.17) is 4.74 Å². The Kier molecular flexibility index (Phi) is 5.31. The summed E-state index contributed by atoms with van der Waals surface area (Å²) in [5.41, 5.74) is 5.22. The maximum atomic E-state index is 11.5. The molecule has 2 rings (SSSR count). The van der Waals surface area contributed by atoms with Gasteiger partial charge in [-0.2, -0.15) is 4.68 Å². The largest absolute Gasteiger partial charge is 0.497 e. The molecule has 0 bridgehead atoms. The van der Waals surface area contributed by atoms with Crippen LogP contribution >= 0.6 is 11.8 Å². The molecule has 10 heteroatoms. The number of hydrogen-bond acceptors (Lipinski definition) is 7. The number of benzene rings is 1. The predicted molar refractivity (Wildman–Crippen MR) is 78.4 cm³/mol. The molecule has 2 aromatic rings. The lowest BCUT2D eigenvalue weighted by molar-refractivity contribution is -0.126. The summed E-state index contributed by atoms with van der Waals surface area (Å²) in [6.45, 7) is 1.30. The van der Waals surface area contributed by atoms with E-state index in [1.54, 1.807) is 31.4 Å². The first-order valence-corrected chi connectivity index (χ1v) is 7.19. The highest BCUT2D eigenvalue weighted by molar-refractivity contribution is 7.99. The number of nitrogens with one attached hydrogen (secondary N) is 2. The van der Waals surface area contributed by atoms with Gasteiger partial charge in [0.2, 0.25) is 17.0 Å². The van der Waals surface area contributed by atoms with Crippen LogP contribution < -0.4 is 15.6 Å². The van der Waals surface area contributed by atoms with E-state index in [9.17, 15) is 9.59 Å². The molecule has 9 nitrogen and oxygen atoms in total. The van der Waals surface area contributed by atoms with E-state index in [-0.39, 0.29) is 17.6 Å². The number of nitrogens with zero attached hydrogens (tertiary/aromatic N) is 4. The van der Waals surface area contributed by atoms with Gasteiger partial charge < -0.3 is 4.74 Å². The molecule has 22 heavy (non-hydrogen) atoms. The Morgan fingerprint density at radius 3 is 2.64 bits per heavy atom. The van der Waals surface area contributed by atoms with E-state index in [0.29, 0.717) is 5.16 Å². The quantitative estimate of drug-likeness (QED) is 0.585. The summed E-state index contributed by atoms with van der Waals surface area (Å²) in [7, 11) is 1.58. The van der Waals surface area contributed by atoms with E-state index in [2.05, 4.69) is 26.4 Å². The Balaban J connectivity index is 2.00. The molecule has 1 aromatic heterocycles. The summed E-state index contributed by atoms with van der Waals surface area (Å²) in [5.74, 6) is 0.0863. The average Bonchev–Trinajstić information content (AvgIpc) is 2.99. The molecule has 0 aliphatic rings. The van der Waals surface area contributed by atoms with Crippen LogP contribution in [0, 0.1) is 0 Å². The Bertz CT molecular complexity index is 657. The zero-order chi connectivity index (χ0) is 15.9. The monoisotopic (exact) mass is 322 g/mol. The van der Waals surface area contributed by atoms with E-state index in [1.165, 1.54) is 11.6 Å². The van der Waals surface area contributed by atoms with Crippen molar-refractivity contribution in [2.75, 3.05) is 12.9 Å². The molecule has 0 aliphatic heterocycles. The summed E-state index contributed by atoms with van der Waals surface area (Å²) in [6, 6.07) is 7.18. The first-order chi connectivity index (χ1) is 10.6. The highest BCUT2D eigenvalue weighted by atomic mass is 32.2. The fourth-order valence-corrected chi connectivity index (χ4v) is 2.17. The molecule has 0 saturated carbocycles. The number of rotatable bonds is 5. The fourth-order valence-electron chi connectivity index (χ4n) is 1.48. The van der Waals surface area contributed by atoms with Crippen LogP contribution in [0.4, 0.5) is 0 Å². The van der Waals surface area contributed by atoms with Crippen molar-refractivity contribution in [2.45, 2.75) is 12.1 Å². The number of ether oxygens (including phenoxy) is 1. The van der Waals surface area contributed by atoms with Gasteiger partial charge in [-0.15, -0.1) is 5.10 Å². The number of hydrogen-bond donors (Lipinski definition) is 2. The van der Waals surface area contributed by atoms with Crippen molar-refractivity contribution in [1.82, 2.24) is 31.1 Å². The van der Waals surface area contributed by atoms with Crippen molar-refractivity contribution in [1.29, 1.82) is 0 Å². The molecule has 1 heterocycles. The summed E-state index contributed by atoms with van der Waals surface area (Å²) >= 11 is 1.15. The van der Waals surface area contributed by atoms with Gasteiger partial charge in [0.05, 0.1) is 18.6 Å². The standard InChI is InChI=1S/C12H14N6O3S/c1-8(19)13-14-11(20)7-22-12-15-16-17-18(12)9-3-5-10(21-2)6-4-9/h3-6H,7H2,1-2H3,(H,13,19)(H,14,20). The number of tetrazole rings is 1. The molecule has 0 fully saturated rings. The maximum Gasteiger partial charge on any atom is 0.248 e.